The first kappa shape index (κ1) is 7.75. The zero-order chi connectivity index (χ0) is 6.78. The van der Waals surface area contributed by atoms with Crippen LogP contribution >= 0.6 is 0 Å². The SMILES string of the molecule is CC[C@@H](O)C(F)(F)F. The first-order chi connectivity index (χ1) is 3.48. The molecule has 0 saturated carbocycles. The lowest BCUT2D eigenvalue weighted by Crippen LogP contribution is -2.27. The monoisotopic (exact) mass is 128 g/mol. The Balaban J connectivity index is 3.62. The topological polar surface area (TPSA) is 20.2 Å². The van der Waals surface area contributed by atoms with Gasteiger partial charge in [-0.25, -0.2) is 0 Å². The number of aliphatic hydroxyl groups is 1. The van der Waals surface area contributed by atoms with Crippen LogP contribution in [0.5, 0.6) is 0 Å². The summed E-state index contributed by atoms with van der Waals surface area (Å²) in [6.07, 6.45) is -6.86. The van der Waals surface area contributed by atoms with Gasteiger partial charge in [-0.15, -0.1) is 0 Å². The van der Waals surface area contributed by atoms with Gasteiger partial charge in [0.25, 0.3) is 0 Å². The van der Waals surface area contributed by atoms with Gasteiger partial charge in [-0.3, -0.25) is 0 Å². The van der Waals surface area contributed by atoms with Crippen molar-refractivity contribution < 1.29 is 18.3 Å². The zero-order valence-electron chi connectivity index (χ0n) is 4.37. The van der Waals surface area contributed by atoms with Crippen LogP contribution in [0.1, 0.15) is 13.3 Å². The molecule has 0 aromatic carbocycles. The minimum atomic E-state index is -4.44. The lowest BCUT2D eigenvalue weighted by Gasteiger charge is -2.10. The minimum absolute atomic E-state index is 0.274. The largest absolute Gasteiger partial charge is 0.414 e. The highest BCUT2D eigenvalue weighted by molar-refractivity contribution is 4.60. The molecule has 0 unspecified atom stereocenters. The predicted molar refractivity (Wildman–Crippen MR) is 22.4 cm³/mol. The zero-order valence-corrected chi connectivity index (χ0v) is 4.37. The maximum absolute atomic E-state index is 11.2. The van der Waals surface area contributed by atoms with Crippen LogP contribution in [0.2, 0.25) is 0 Å². The second-order valence-electron chi connectivity index (χ2n) is 1.47. The maximum Gasteiger partial charge on any atom is 0.414 e. The second kappa shape index (κ2) is 2.35. The van der Waals surface area contributed by atoms with E-state index in [1.54, 1.807) is 0 Å². The van der Waals surface area contributed by atoms with Crippen LogP contribution in [0, 0.1) is 0 Å². The molecule has 0 aliphatic heterocycles. The van der Waals surface area contributed by atoms with Crippen molar-refractivity contribution in [2.24, 2.45) is 0 Å². The van der Waals surface area contributed by atoms with E-state index < -0.39 is 12.3 Å². The van der Waals surface area contributed by atoms with Gasteiger partial charge in [0.05, 0.1) is 0 Å². The molecule has 0 aromatic rings. The molecule has 0 heterocycles. The third-order valence-electron chi connectivity index (χ3n) is 0.765. The molecule has 0 rings (SSSR count). The Kier molecular flexibility index (Phi) is 2.27. The third kappa shape index (κ3) is 2.16. The number of hydrogen-bond acceptors (Lipinski definition) is 1. The van der Waals surface area contributed by atoms with E-state index in [9.17, 15) is 13.2 Å². The van der Waals surface area contributed by atoms with Crippen LogP contribution in [-0.4, -0.2) is 17.4 Å². The summed E-state index contributed by atoms with van der Waals surface area (Å²) >= 11 is 0. The first-order valence-corrected chi connectivity index (χ1v) is 2.23. The number of rotatable bonds is 1. The van der Waals surface area contributed by atoms with E-state index in [1.807, 2.05) is 0 Å². The van der Waals surface area contributed by atoms with Crippen molar-refractivity contribution in [3.05, 3.63) is 0 Å². The molecule has 0 radical (unpaired) electrons. The molecule has 0 spiro atoms. The quantitative estimate of drug-likeness (QED) is 0.564. The summed E-state index contributed by atoms with van der Waals surface area (Å²) in [6.45, 7) is 1.28. The van der Waals surface area contributed by atoms with Gasteiger partial charge in [-0.05, 0) is 6.42 Å². The average Bonchev–Trinajstić information content (AvgIpc) is 1.62. The molecule has 0 bridgehead atoms. The molecule has 0 aliphatic rings. The molecule has 0 amide bonds. The highest BCUT2D eigenvalue weighted by atomic mass is 19.4. The molecule has 0 saturated heterocycles. The van der Waals surface area contributed by atoms with Gasteiger partial charge in [-0.2, -0.15) is 13.2 Å². The van der Waals surface area contributed by atoms with Crippen LogP contribution in [0.15, 0.2) is 0 Å². The summed E-state index contributed by atoms with van der Waals surface area (Å²) in [6, 6.07) is 0. The van der Waals surface area contributed by atoms with E-state index in [4.69, 9.17) is 5.11 Å². The summed E-state index contributed by atoms with van der Waals surface area (Å²) in [5.41, 5.74) is 0. The van der Waals surface area contributed by atoms with Crippen molar-refractivity contribution in [2.75, 3.05) is 0 Å². The Labute approximate surface area is 45.1 Å². The van der Waals surface area contributed by atoms with Crippen molar-refractivity contribution in [1.82, 2.24) is 0 Å². The Hall–Kier alpha value is -0.250. The van der Waals surface area contributed by atoms with Gasteiger partial charge in [0.1, 0.15) is 6.10 Å². The summed E-state index contributed by atoms with van der Waals surface area (Å²) in [5, 5.41) is 8.07. The second-order valence-corrected chi connectivity index (χ2v) is 1.47. The molecule has 0 aliphatic carbocycles. The fourth-order valence-electron chi connectivity index (χ4n) is 0.231. The summed E-state index contributed by atoms with van der Waals surface area (Å²) in [7, 11) is 0. The molecule has 8 heavy (non-hydrogen) atoms. The van der Waals surface area contributed by atoms with E-state index in [-0.39, 0.29) is 6.42 Å². The highest BCUT2D eigenvalue weighted by Gasteiger charge is 2.36. The molecule has 0 fully saturated rings. The molecule has 1 nitrogen and oxygen atoms in total. The Morgan fingerprint density at radius 1 is 1.50 bits per heavy atom. The van der Waals surface area contributed by atoms with Gasteiger partial charge < -0.3 is 5.11 Å². The van der Waals surface area contributed by atoms with E-state index in [0.717, 1.165) is 0 Å². The summed E-state index contributed by atoms with van der Waals surface area (Å²) < 4.78 is 33.6. The summed E-state index contributed by atoms with van der Waals surface area (Å²) in [4.78, 5) is 0. The van der Waals surface area contributed by atoms with Crippen molar-refractivity contribution >= 4 is 0 Å². The van der Waals surface area contributed by atoms with Gasteiger partial charge in [0.15, 0.2) is 0 Å². The molecule has 50 valence electrons. The number of halogens is 3. The minimum Gasteiger partial charge on any atom is -0.384 e. The number of aliphatic hydroxyl groups excluding tert-OH is 1. The van der Waals surface area contributed by atoms with Crippen LogP contribution in [0.3, 0.4) is 0 Å². The number of alkyl halides is 3. The van der Waals surface area contributed by atoms with Gasteiger partial charge in [0.2, 0.25) is 0 Å². The van der Waals surface area contributed by atoms with Crippen LogP contribution in [-0.2, 0) is 0 Å². The lowest BCUT2D eigenvalue weighted by atomic mass is 10.3. The fourth-order valence-corrected chi connectivity index (χ4v) is 0.231. The van der Waals surface area contributed by atoms with E-state index in [1.165, 1.54) is 6.92 Å². The molecule has 1 N–H and O–H groups in total. The molecule has 4 heteroatoms. The van der Waals surface area contributed by atoms with Crippen LogP contribution in [0.25, 0.3) is 0 Å². The van der Waals surface area contributed by atoms with E-state index in [2.05, 4.69) is 0 Å². The van der Waals surface area contributed by atoms with Crippen molar-refractivity contribution in [1.29, 1.82) is 0 Å². The Morgan fingerprint density at radius 3 is 1.88 bits per heavy atom. The predicted octanol–water partition coefficient (Wildman–Crippen LogP) is 1.32. The van der Waals surface area contributed by atoms with Gasteiger partial charge in [-0.1, -0.05) is 6.92 Å². The smallest absolute Gasteiger partial charge is 0.384 e. The Morgan fingerprint density at radius 2 is 1.88 bits per heavy atom. The van der Waals surface area contributed by atoms with Gasteiger partial charge >= 0.3 is 6.18 Å². The van der Waals surface area contributed by atoms with Crippen LogP contribution in [0.4, 0.5) is 13.2 Å². The van der Waals surface area contributed by atoms with E-state index in [0.29, 0.717) is 0 Å². The maximum atomic E-state index is 11.2. The average molecular weight is 128 g/mol. The standard InChI is InChI=1S/C4H7F3O/c1-2-3(8)4(5,6)7/h3,8H,2H2,1H3/t3-/m1/s1. The third-order valence-corrected chi connectivity index (χ3v) is 0.765. The number of hydrogen-bond donors (Lipinski definition) is 1. The van der Waals surface area contributed by atoms with Crippen molar-refractivity contribution in [3.63, 3.8) is 0 Å². The molecule has 0 aromatic heterocycles. The molecular formula is C4H7F3O. The normalized spacial score (nSPS) is 16.1. The fraction of sp³-hybridized carbons (Fsp3) is 1.00. The summed E-state index contributed by atoms with van der Waals surface area (Å²) in [5.74, 6) is 0. The van der Waals surface area contributed by atoms with Crippen molar-refractivity contribution in [2.45, 2.75) is 25.6 Å². The van der Waals surface area contributed by atoms with Crippen molar-refractivity contribution in [3.8, 4) is 0 Å². The van der Waals surface area contributed by atoms with Crippen LogP contribution < -0.4 is 0 Å². The van der Waals surface area contributed by atoms with E-state index >= 15 is 0 Å². The highest BCUT2D eigenvalue weighted by Crippen LogP contribution is 2.21. The molecule has 1 atom stereocenters. The van der Waals surface area contributed by atoms with Gasteiger partial charge in [0, 0.05) is 0 Å². The Bertz CT molecular complexity index is 68.2. The first-order valence-electron chi connectivity index (χ1n) is 2.23. The lowest BCUT2D eigenvalue weighted by molar-refractivity contribution is -0.204. The molecular weight excluding hydrogens is 121 g/mol.